The van der Waals surface area contributed by atoms with Crippen molar-refractivity contribution in [2.45, 2.75) is 19.4 Å². The number of rotatable bonds is 2. The van der Waals surface area contributed by atoms with Crippen LogP contribution in [0.1, 0.15) is 25.0 Å². The second kappa shape index (κ2) is 5.28. The third-order valence-corrected chi connectivity index (χ3v) is 5.00. The van der Waals surface area contributed by atoms with Gasteiger partial charge in [0.05, 0.1) is 17.6 Å². The lowest BCUT2D eigenvalue weighted by Crippen LogP contribution is -2.27. The Labute approximate surface area is 108 Å². The van der Waals surface area contributed by atoms with Gasteiger partial charge in [-0.2, -0.15) is 0 Å². The third kappa shape index (κ3) is 3.03. The molecule has 1 aliphatic rings. The van der Waals surface area contributed by atoms with Crippen LogP contribution in [0.3, 0.4) is 0 Å². The Bertz CT molecular complexity index is 511. The molecule has 0 saturated carbocycles. The van der Waals surface area contributed by atoms with Gasteiger partial charge in [-0.25, -0.2) is 8.42 Å². The Kier molecular flexibility index (Phi) is 3.92. The van der Waals surface area contributed by atoms with Crippen molar-refractivity contribution in [2.24, 2.45) is 0 Å². The van der Waals surface area contributed by atoms with Crippen LogP contribution >= 0.6 is 0 Å². The number of sulfone groups is 1. The zero-order chi connectivity index (χ0) is 13.2. The van der Waals surface area contributed by atoms with E-state index < -0.39 is 15.9 Å². The van der Waals surface area contributed by atoms with Crippen molar-refractivity contribution >= 4 is 15.5 Å². The lowest BCUT2D eigenvalue weighted by molar-refractivity contribution is 0.199. The maximum Gasteiger partial charge on any atom is 0.152 e. The highest BCUT2D eigenvalue weighted by molar-refractivity contribution is 7.91. The number of para-hydroxylation sites is 1. The van der Waals surface area contributed by atoms with Crippen LogP contribution in [0, 0.1) is 0 Å². The number of hydrogen-bond acceptors (Lipinski definition) is 4. The first-order chi connectivity index (χ1) is 8.49. The van der Waals surface area contributed by atoms with E-state index in [0.717, 1.165) is 17.8 Å². The minimum atomic E-state index is -2.90. The fourth-order valence-corrected chi connectivity index (χ4v) is 3.58. The Morgan fingerprint density at radius 1 is 1.22 bits per heavy atom. The van der Waals surface area contributed by atoms with Gasteiger partial charge in [-0.3, -0.25) is 0 Å². The predicted molar refractivity (Wildman–Crippen MR) is 72.6 cm³/mol. The lowest BCUT2D eigenvalue weighted by Gasteiger charge is -2.25. The molecule has 18 heavy (non-hydrogen) atoms. The molecule has 1 unspecified atom stereocenters. The molecule has 1 aromatic rings. The summed E-state index contributed by atoms with van der Waals surface area (Å²) in [6.07, 6.45) is 0.109. The van der Waals surface area contributed by atoms with Gasteiger partial charge in [0.15, 0.2) is 9.84 Å². The topological polar surface area (TPSA) is 57.6 Å². The first-order valence-electron chi connectivity index (χ1n) is 6.22. The minimum Gasteiger partial charge on any atom is -0.389 e. The molecule has 2 rings (SSSR count). The van der Waals surface area contributed by atoms with Crippen LogP contribution in [-0.4, -0.2) is 38.1 Å². The van der Waals surface area contributed by atoms with E-state index in [4.69, 9.17) is 0 Å². The van der Waals surface area contributed by atoms with E-state index in [2.05, 4.69) is 4.90 Å². The van der Waals surface area contributed by atoms with Gasteiger partial charge in [0.1, 0.15) is 0 Å². The van der Waals surface area contributed by atoms with Crippen molar-refractivity contribution in [1.82, 2.24) is 0 Å². The SMILES string of the molecule is CC(O)c1ccccc1N1CCCS(=O)(=O)CC1. The van der Waals surface area contributed by atoms with Crippen LogP contribution in [0.15, 0.2) is 24.3 Å². The predicted octanol–water partition coefficient (Wildman–Crippen LogP) is 1.36. The third-order valence-electron chi connectivity index (χ3n) is 3.28. The van der Waals surface area contributed by atoms with E-state index in [1.54, 1.807) is 6.92 Å². The quantitative estimate of drug-likeness (QED) is 0.881. The molecule has 5 heteroatoms. The van der Waals surface area contributed by atoms with Gasteiger partial charge in [0.2, 0.25) is 0 Å². The maximum atomic E-state index is 11.6. The molecule has 1 saturated heterocycles. The molecule has 0 radical (unpaired) electrons. The van der Waals surface area contributed by atoms with Crippen molar-refractivity contribution in [3.8, 4) is 0 Å². The van der Waals surface area contributed by atoms with Gasteiger partial charge >= 0.3 is 0 Å². The second-order valence-electron chi connectivity index (χ2n) is 4.73. The van der Waals surface area contributed by atoms with E-state index in [-0.39, 0.29) is 11.5 Å². The number of aliphatic hydroxyl groups excluding tert-OH is 1. The highest BCUT2D eigenvalue weighted by atomic mass is 32.2. The smallest absolute Gasteiger partial charge is 0.152 e. The molecule has 100 valence electrons. The average Bonchev–Trinajstić information content (AvgIpc) is 2.50. The summed E-state index contributed by atoms with van der Waals surface area (Å²) >= 11 is 0. The largest absolute Gasteiger partial charge is 0.389 e. The van der Waals surface area contributed by atoms with Crippen molar-refractivity contribution in [2.75, 3.05) is 29.5 Å². The monoisotopic (exact) mass is 269 g/mol. The van der Waals surface area contributed by atoms with Crippen LogP contribution in [0.5, 0.6) is 0 Å². The maximum absolute atomic E-state index is 11.6. The molecular weight excluding hydrogens is 250 g/mol. The van der Waals surface area contributed by atoms with Crippen molar-refractivity contribution in [1.29, 1.82) is 0 Å². The van der Waals surface area contributed by atoms with Crippen LogP contribution in [0.25, 0.3) is 0 Å². The highest BCUT2D eigenvalue weighted by Crippen LogP contribution is 2.27. The number of nitrogens with zero attached hydrogens (tertiary/aromatic N) is 1. The highest BCUT2D eigenvalue weighted by Gasteiger charge is 2.21. The molecule has 0 spiro atoms. The molecule has 0 aromatic heterocycles. The average molecular weight is 269 g/mol. The Morgan fingerprint density at radius 3 is 2.67 bits per heavy atom. The van der Waals surface area contributed by atoms with Crippen molar-refractivity contribution in [3.05, 3.63) is 29.8 Å². The Morgan fingerprint density at radius 2 is 1.94 bits per heavy atom. The minimum absolute atomic E-state index is 0.196. The summed E-state index contributed by atoms with van der Waals surface area (Å²) in [6, 6.07) is 7.64. The molecule has 1 atom stereocenters. The van der Waals surface area contributed by atoms with Gasteiger partial charge in [0, 0.05) is 24.3 Å². The van der Waals surface area contributed by atoms with E-state index in [9.17, 15) is 13.5 Å². The lowest BCUT2D eigenvalue weighted by atomic mass is 10.1. The van der Waals surface area contributed by atoms with Crippen LogP contribution < -0.4 is 4.90 Å². The van der Waals surface area contributed by atoms with Gasteiger partial charge in [-0.15, -0.1) is 0 Å². The summed E-state index contributed by atoms with van der Waals surface area (Å²) in [5.41, 5.74) is 1.81. The van der Waals surface area contributed by atoms with E-state index in [1.807, 2.05) is 24.3 Å². The van der Waals surface area contributed by atoms with E-state index in [0.29, 0.717) is 13.0 Å². The normalized spacial score (nSPS) is 21.3. The summed E-state index contributed by atoms with van der Waals surface area (Å²) in [5, 5.41) is 9.76. The number of benzene rings is 1. The number of anilines is 1. The number of hydrogen-bond donors (Lipinski definition) is 1. The van der Waals surface area contributed by atoms with Gasteiger partial charge in [0.25, 0.3) is 0 Å². The standard InChI is InChI=1S/C13H19NO3S/c1-11(15)12-5-2-3-6-13(12)14-7-4-9-18(16,17)10-8-14/h2-3,5-6,11,15H,4,7-10H2,1H3. The fourth-order valence-electron chi connectivity index (χ4n) is 2.31. The number of aliphatic hydroxyl groups is 1. The van der Waals surface area contributed by atoms with E-state index >= 15 is 0 Å². The zero-order valence-electron chi connectivity index (χ0n) is 10.5. The first-order valence-corrected chi connectivity index (χ1v) is 8.04. The Hall–Kier alpha value is -1.07. The van der Waals surface area contributed by atoms with Crippen LogP contribution in [0.2, 0.25) is 0 Å². The molecule has 1 aliphatic heterocycles. The molecule has 1 fully saturated rings. The Balaban J connectivity index is 2.26. The van der Waals surface area contributed by atoms with Crippen LogP contribution in [-0.2, 0) is 9.84 Å². The summed E-state index contributed by atoms with van der Waals surface area (Å²) in [4.78, 5) is 2.06. The molecule has 1 N–H and O–H groups in total. The molecule has 1 aromatic carbocycles. The summed E-state index contributed by atoms with van der Waals surface area (Å²) in [5.74, 6) is 0.460. The molecule has 1 heterocycles. The van der Waals surface area contributed by atoms with Gasteiger partial charge in [-0.1, -0.05) is 18.2 Å². The van der Waals surface area contributed by atoms with Crippen LogP contribution in [0.4, 0.5) is 5.69 Å². The van der Waals surface area contributed by atoms with Crippen molar-refractivity contribution < 1.29 is 13.5 Å². The second-order valence-corrected chi connectivity index (χ2v) is 7.03. The summed E-state index contributed by atoms with van der Waals surface area (Å²) in [7, 11) is -2.90. The van der Waals surface area contributed by atoms with Gasteiger partial charge in [-0.05, 0) is 19.4 Å². The van der Waals surface area contributed by atoms with Crippen molar-refractivity contribution in [3.63, 3.8) is 0 Å². The first kappa shape index (κ1) is 13.4. The molecule has 0 amide bonds. The summed E-state index contributed by atoms with van der Waals surface area (Å²) in [6.45, 7) is 2.96. The summed E-state index contributed by atoms with van der Waals surface area (Å²) < 4.78 is 23.2. The van der Waals surface area contributed by atoms with Gasteiger partial charge < -0.3 is 10.0 Å². The fraction of sp³-hybridized carbons (Fsp3) is 0.538. The molecule has 0 aliphatic carbocycles. The molecule has 4 nitrogen and oxygen atoms in total. The molecule has 0 bridgehead atoms. The zero-order valence-corrected chi connectivity index (χ0v) is 11.4. The van der Waals surface area contributed by atoms with E-state index in [1.165, 1.54) is 0 Å². The molecular formula is C13H19NO3S.